The van der Waals surface area contributed by atoms with Gasteiger partial charge in [-0.25, -0.2) is 0 Å². The van der Waals surface area contributed by atoms with Gasteiger partial charge in [0.2, 0.25) is 5.91 Å². The lowest BCUT2D eigenvalue weighted by Gasteiger charge is -2.26. The van der Waals surface area contributed by atoms with Crippen molar-refractivity contribution >= 4 is 21.8 Å². The second kappa shape index (κ2) is 6.45. The predicted molar refractivity (Wildman–Crippen MR) is 67.7 cm³/mol. The van der Waals surface area contributed by atoms with Gasteiger partial charge in [0.05, 0.1) is 17.6 Å². The van der Waals surface area contributed by atoms with Gasteiger partial charge in [0.15, 0.2) is 0 Å². The molecule has 0 aliphatic carbocycles. The summed E-state index contributed by atoms with van der Waals surface area (Å²) in [7, 11) is 0. The van der Waals surface area contributed by atoms with Crippen LogP contribution in [-0.2, 0) is 11.3 Å². The molecule has 1 amide bonds. The van der Waals surface area contributed by atoms with Crippen molar-refractivity contribution in [3.05, 3.63) is 24.2 Å². The van der Waals surface area contributed by atoms with Crippen molar-refractivity contribution in [3.63, 3.8) is 0 Å². The van der Waals surface area contributed by atoms with Crippen molar-refractivity contribution in [2.45, 2.75) is 31.4 Å². The van der Waals surface area contributed by atoms with Gasteiger partial charge < -0.3 is 9.32 Å². The molecule has 0 saturated heterocycles. The Bertz CT molecular complexity index is 404. The molecular formula is C12H15BrF3NO2. The number of rotatable bonds is 5. The van der Waals surface area contributed by atoms with Gasteiger partial charge in [0.1, 0.15) is 12.3 Å². The summed E-state index contributed by atoms with van der Waals surface area (Å²) < 4.78 is 42.6. The molecule has 0 fully saturated rings. The number of halogens is 4. The maximum absolute atomic E-state index is 12.5. The van der Waals surface area contributed by atoms with Crippen LogP contribution in [0.15, 0.2) is 22.8 Å². The first-order valence-corrected chi connectivity index (χ1v) is 6.64. The van der Waals surface area contributed by atoms with E-state index >= 15 is 0 Å². The second-order valence-corrected chi connectivity index (χ2v) is 5.52. The third kappa shape index (κ3) is 5.26. The number of carbonyl (C=O) groups is 1. The minimum atomic E-state index is -4.44. The molecule has 1 heterocycles. The quantitative estimate of drug-likeness (QED) is 0.767. The normalized spacial score (nSPS) is 13.6. The highest BCUT2D eigenvalue weighted by Crippen LogP contribution is 2.22. The number of hydrogen-bond acceptors (Lipinski definition) is 2. The van der Waals surface area contributed by atoms with Crippen LogP contribution in [0.5, 0.6) is 0 Å². The molecule has 1 rings (SSSR count). The Morgan fingerprint density at radius 2 is 2.11 bits per heavy atom. The van der Waals surface area contributed by atoms with Crippen molar-refractivity contribution in [3.8, 4) is 0 Å². The molecule has 3 nitrogen and oxygen atoms in total. The van der Waals surface area contributed by atoms with Crippen LogP contribution in [-0.4, -0.2) is 28.4 Å². The van der Waals surface area contributed by atoms with E-state index in [1.54, 1.807) is 19.9 Å². The average molecular weight is 342 g/mol. The van der Waals surface area contributed by atoms with Gasteiger partial charge >= 0.3 is 6.18 Å². The fraction of sp³-hybridized carbons (Fsp3) is 0.583. The minimum absolute atomic E-state index is 0.0974. The van der Waals surface area contributed by atoms with Crippen LogP contribution < -0.4 is 0 Å². The highest BCUT2D eigenvalue weighted by Gasteiger charge is 2.35. The Labute approximate surface area is 117 Å². The smallest absolute Gasteiger partial charge is 0.406 e. The van der Waals surface area contributed by atoms with Crippen molar-refractivity contribution in [2.24, 2.45) is 5.92 Å². The first-order valence-electron chi connectivity index (χ1n) is 5.72. The van der Waals surface area contributed by atoms with E-state index < -0.39 is 23.5 Å². The molecule has 1 atom stereocenters. The van der Waals surface area contributed by atoms with Gasteiger partial charge in [-0.05, 0) is 18.1 Å². The molecule has 0 radical (unpaired) electrons. The molecule has 0 aromatic carbocycles. The van der Waals surface area contributed by atoms with Crippen LogP contribution >= 0.6 is 15.9 Å². The lowest BCUT2D eigenvalue weighted by atomic mass is 10.1. The maximum atomic E-state index is 12.5. The van der Waals surface area contributed by atoms with Crippen molar-refractivity contribution < 1.29 is 22.4 Å². The molecule has 108 valence electrons. The Kier molecular flexibility index (Phi) is 5.46. The first-order chi connectivity index (χ1) is 8.70. The summed E-state index contributed by atoms with van der Waals surface area (Å²) in [4.78, 5) is 12.1. The molecule has 0 spiro atoms. The molecule has 1 aromatic heterocycles. The molecule has 7 heteroatoms. The fourth-order valence-electron chi connectivity index (χ4n) is 1.48. The highest BCUT2D eigenvalue weighted by molar-refractivity contribution is 9.10. The summed E-state index contributed by atoms with van der Waals surface area (Å²) in [5, 5.41) is 0. The van der Waals surface area contributed by atoms with Crippen molar-refractivity contribution in [1.29, 1.82) is 0 Å². The van der Waals surface area contributed by atoms with Gasteiger partial charge in [-0.3, -0.25) is 4.79 Å². The van der Waals surface area contributed by atoms with E-state index in [0.717, 1.165) is 4.90 Å². The largest absolute Gasteiger partial charge is 0.467 e. The predicted octanol–water partition coefficient (Wildman–Crippen LogP) is 3.59. The second-order valence-electron chi connectivity index (χ2n) is 4.53. The molecule has 0 N–H and O–H groups in total. The third-order valence-corrected chi connectivity index (χ3v) is 3.88. The van der Waals surface area contributed by atoms with Gasteiger partial charge in [0, 0.05) is 0 Å². The number of amides is 1. The zero-order valence-corrected chi connectivity index (χ0v) is 12.2. The van der Waals surface area contributed by atoms with Crippen LogP contribution in [0.4, 0.5) is 13.2 Å². The van der Waals surface area contributed by atoms with Crippen LogP contribution in [0.25, 0.3) is 0 Å². The number of hydrogen-bond donors (Lipinski definition) is 0. The molecule has 0 saturated carbocycles. The first kappa shape index (κ1) is 16.1. The van der Waals surface area contributed by atoms with Crippen molar-refractivity contribution in [2.75, 3.05) is 6.54 Å². The monoisotopic (exact) mass is 341 g/mol. The van der Waals surface area contributed by atoms with Crippen LogP contribution in [0.2, 0.25) is 0 Å². The Morgan fingerprint density at radius 1 is 1.47 bits per heavy atom. The van der Waals surface area contributed by atoms with Crippen LogP contribution in [0.3, 0.4) is 0 Å². The Morgan fingerprint density at radius 3 is 2.53 bits per heavy atom. The average Bonchev–Trinajstić information content (AvgIpc) is 2.77. The van der Waals surface area contributed by atoms with Crippen LogP contribution in [0.1, 0.15) is 19.6 Å². The standard InChI is InChI=1S/C12H15BrF3NO2/c1-8(2)10(13)11(18)17(7-12(14,15)16)6-9-4-3-5-19-9/h3-5,8,10H,6-7H2,1-2H3. The third-order valence-electron chi connectivity index (χ3n) is 2.43. The van der Waals surface area contributed by atoms with E-state index in [0.29, 0.717) is 5.76 Å². The van der Waals surface area contributed by atoms with Gasteiger partial charge in [-0.2, -0.15) is 13.2 Å². The highest BCUT2D eigenvalue weighted by atomic mass is 79.9. The molecule has 0 aliphatic heterocycles. The van der Waals surface area contributed by atoms with E-state index in [-0.39, 0.29) is 12.5 Å². The van der Waals surface area contributed by atoms with Crippen molar-refractivity contribution in [1.82, 2.24) is 4.90 Å². The van der Waals surface area contributed by atoms with E-state index in [4.69, 9.17) is 4.42 Å². The Balaban J connectivity index is 2.82. The van der Waals surface area contributed by atoms with Crippen LogP contribution in [0, 0.1) is 5.92 Å². The van der Waals surface area contributed by atoms with Gasteiger partial charge in [0.25, 0.3) is 0 Å². The number of nitrogens with zero attached hydrogens (tertiary/aromatic N) is 1. The molecule has 1 aromatic rings. The SMILES string of the molecule is CC(C)C(Br)C(=O)N(Cc1ccco1)CC(F)(F)F. The Hall–Kier alpha value is -0.980. The van der Waals surface area contributed by atoms with E-state index in [1.807, 2.05) is 0 Å². The minimum Gasteiger partial charge on any atom is -0.467 e. The number of alkyl halides is 4. The fourth-order valence-corrected chi connectivity index (χ4v) is 1.77. The maximum Gasteiger partial charge on any atom is 0.406 e. The van der Waals surface area contributed by atoms with E-state index in [1.165, 1.54) is 12.3 Å². The number of furan rings is 1. The summed E-state index contributed by atoms with van der Waals surface area (Å²) in [6, 6.07) is 3.11. The van der Waals surface area contributed by atoms with Gasteiger partial charge in [-0.1, -0.05) is 29.8 Å². The summed E-state index contributed by atoms with van der Waals surface area (Å²) in [5.74, 6) is -0.371. The summed E-state index contributed by atoms with van der Waals surface area (Å²) in [5.41, 5.74) is 0. The molecule has 19 heavy (non-hydrogen) atoms. The molecule has 0 aliphatic rings. The summed E-state index contributed by atoms with van der Waals surface area (Å²) in [6.45, 7) is 2.04. The zero-order valence-electron chi connectivity index (χ0n) is 10.6. The molecule has 0 bridgehead atoms. The summed E-state index contributed by atoms with van der Waals surface area (Å²) in [6.07, 6.45) is -3.08. The van der Waals surface area contributed by atoms with Gasteiger partial charge in [-0.15, -0.1) is 0 Å². The lowest BCUT2D eigenvalue weighted by Crippen LogP contribution is -2.43. The van der Waals surface area contributed by atoms with E-state index in [2.05, 4.69) is 15.9 Å². The van der Waals surface area contributed by atoms with E-state index in [9.17, 15) is 18.0 Å². The topological polar surface area (TPSA) is 33.5 Å². The number of carbonyl (C=O) groups excluding carboxylic acids is 1. The lowest BCUT2D eigenvalue weighted by molar-refractivity contribution is -0.162. The summed E-state index contributed by atoms with van der Waals surface area (Å²) >= 11 is 3.13. The molecule has 1 unspecified atom stereocenters. The molecular weight excluding hydrogens is 327 g/mol. The zero-order chi connectivity index (χ0) is 14.6.